The van der Waals surface area contributed by atoms with E-state index in [0.29, 0.717) is 0 Å². The number of hydrogen-bond acceptors (Lipinski definition) is 2. The Labute approximate surface area is 91.7 Å². The van der Waals surface area contributed by atoms with Gasteiger partial charge >= 0.3 is 0 Å². The minimum atomic E-state index is -0.316. The Hall–Kier alpha value is -0.123. The molecule has 3 heteroatoms. The summed E-state index contributed by atoms with van der Waals surface area (Å²) in [6, 6.07) is 0. The molecule has 0 atom stereocenters. The lowest BCUT2D eigenvalue weighted by Gasteiger charge is -2.24. The molecule has 0 unspecified atom stereocenters. The van der Waals surface area contributed by atoms with Crippen LogP contribution >= 0.6 is 0 Å². The molecule has 0 aromatic rings. The number of rotatable bonds is 6. The van der Waals surface area contributed by atoms with Crippen LogP contribution in [0.15, 0.2) is 11.8 Å². The Balaban J connectivity index is 3.69. The summed E-state index contributed by atoms with van der Waals surface area (Å²) in [5, 5.41) is 1.41. The van der Waals surface area contributed by atoms with E-state index < -0.39 is 0 Å². The van der Waals surface area contributed by atoms with E-state index in [-0.39, 0.29) is 15.1 Å². The van der Waals surface area contributed by atoms with E-state index >= 15 is 0 Å². The highest BCUT2D eigenvalue weighted by Crippen LogP contribution is 2.21. The average Bonchev–Trinajstić information content (AvgIpc) is 2.10. The zero-order chi connectivity index (χ0) is 11.2. The monoisotopic (exact) mass is 214 g/mol. The summed E-state index contributed by atoms with van der Waals surface area (Å²) in [6.45, 7) is 18.5. The maximum absolute atomic E-state index is 4.16. The van der Waals surface area contributed by atoms with Gasteiger partial charge in [-0.05, 0) is 18.5 Å². The molecular weight excluding hydrogens is 188 g/mol. The van der Waals surface area contributed by atoms with E-state index in [2.05, 4.69) is 51.1 Å². The highest BCUT2D eigenvalue weighted by Gasteiger charge is 2.14. The molecule has 0 radical (unpaired) electrons. The lowest BCUT2D eigenvalue weighted by Crippen LogP contribution is -2.37. The summed E-state index contributed by atoms with van der Waals surface area (Å²) >= 11 is 0. The van der Waals surface area contributed by atoms with Crippen LogP contribution in [-0.2, 0) is 0 Å². The third-order valence-electron chi connectivity index (χ3n) is 2.63. The number of nitrogens with zero attached hydrogens (tertiary/aromatic N) is 1. The Morgan fingerprint density at radius 3 is 2.14 bits per heavy atom. The lowest BCUT2D eigenvalue weighted by molar-refractivity contribution is 0.301. The average molecular weight is 214 g/mol. The van der Waals surface area contributed by atoms with Crippen LogP contribution < -0.4 is 4.98 Å². The normalized spacial score (nSPS) is 13.0. The van der Waals surface area contributed by atoms with Crippen molar-refractivity contribution in [1.82, 2.24) is 9.88 Å². The molecule has 0 aliphatic heterocycles. The first kappa shape index (κ1) is 13.9. The third kappa shape index (κ3) is 5.57. The van der Waals surface area contributed by atoms with Crippen molar-refractivity contribution in [2.75, 3.05) is 19.8 Å². The SMILES string of the molecule is C=C([SiH2]NCN(CC)CC)C(C)(C)C. The van der Waals surface area contributed by atoms with E-state index in [4.69, 9.17) is 0 Å². The van der Waals surface area contributed by atoms with Gasteiger partial charge in [0, 0.05) is 6.67 Å². The van der Waals surface area contributed by atoms with Crippen molar-refractivity contribution in [3.05, 3.63) is 11.8 Å². The van der Waals surface area contributed by atoms with Gasteiger partial charge in [-0.1, -0.05) is 39.8 Å². The molecule has 2 nitrogen and oxygen atoms in total. The standard InChI is InChI=1S/C11H26N2Si/c1-7-13(8-2)9-12-14-10(3)11(4,5)6/h12H,3,7-9,14H2,1-2,4-6H3. The highest BCUT2D eigenvalue weighted by atomic mass is 28.2. The van der Waals surface area contributed by atoms with Gasteiger partial charge in [0.1, 0.15) is 9.68 Å². The van der Waals surface area contributed by atoms with Gasteiger partial charge in [0.15, 0.2) is 0 Å². The van der Waals surface area contributed by atoms with Crippen LogP contribution in [0.3, 0.4) is 0 Å². The largest absolute Gasteiger partial charge is 0.327 e. The van der Waals surface area contributed by atoms with Crippen LogP contribution in [0.2, 0.25) is 0 Å². The Morgan fingerprint density at radius 1 is 1.29 bits per heavy atom. The number of allylic oxidation sites excluding steroid dienone is 1. The predicted octanol–water partition coefficient (Wildman–Crippen LogP) is 1.52. The van der Waals surface area contributed by atoms with E-state index in [1.165, 1.54) is 5.20 Å². The molecule has 0 heterocycles. The van der Waals surface area contributed by atoms with Gasteiger partial charge in [-0.2, -0.15) is 0 Å². The number of nitrogens with one attached hydrogen (secondary N) is 1. The van der Waals surface area contributed by atoms with Crippen molar-refractivity contribution in [1.29, 1.82) is 0 Å². The van der Waals surface area contributed by atoms with Crippen LogP contribution in [0.25, 0.3) is 0 Å². The van der Waals surface area contributed by atoms with Crippen molar-refractivity contribution >= 4 is 9.68 Å². The lowest BCUT2D eigenvalue weighted by atomic mass is 9.97. The summed E-state index contributed by atoms with van der Waals surface area (Å²) in [4.78, 5) is 5.95. The third-order valence-corrected chi connectivity index (χ3v) is 4.59. The maximum atomic E-state index is 4.16. The van der Waals surface area contributed by atoms with Crippen molar-refractivity contribution in [2.24, 2.45) is 5.41 Å². The first-order chi connectivity index (χ1) is 6.41. The molecule has 0 amide bonds. The van der Waals surface area contributed by atoms with E-state index in [9.17, 15) is 0 Å². The number of hydrogen-bond donors (Lipinski definition) is 1. The van der Waals surface area contributed by atoms with Crippen molar-refractivity contribution in [3.63, 3.8) is 0 Å². The van der Waals surface area contributed by atoms with Crippen LogP contribution in [0.4, 0.5) is 0 Å². The molecule has 0 rings (SSSR count). The second-order valence-corrected chi connectivity index (χ2v) is 6.45. The fourth-order valence-corrected chi connectivity index (χ4v) is 2.34. The summed E-state index contributed by atoms with van der Waals surface area (Å²) < 4.78 is 0. The van der Waals surface area contributed by atoms with Gasteiger partial charge in [0.2, 0.25) is 0 Å². The van der Waals surface area contributed by atoms with Crippen LogP contribution in [-0.4, -0.2) is 34.3 Å². The van der Waals surface area contributed by atoms with Crippen molar-refractivity contribution in [3.8, 4) is 0 Å². The van der Waals surface area contributed by atoms with Crippen LogP contribution in [0, 0.1) is 5.41 Å². The van der Waals surface area contributed by atoms with E-state index in [1.807, 2.05) is 0 Å². The molecule has 1 N–H and O–H groups in total. The van der Waals surface area contributed by atoms with Gasteiger partial charge in [0.25, 0.3) is 0 Å². The van der Waals surface area contributed by atoms with Gasteiger partial charge in [-0.15, -0.1) is 6.58 Å². The molecule has 0 aromatic heterocycles. The Kier molecular flexibility index (Phi) is 6.32. The fourth-order valence-electron chi connectivity index (χ4n) is 1.08. The molecule has 0 fully saturated rings. The summed E-state index contributed by atoms with van der Waals surface area (Å²) in [7, 11) is -0.316. The fraction of sp³-hybridized carbons (Fsp3) is 0.818. The van der Waals surface area contributed by atoms with Crippen molar-refractivity contribution < 1.29 is 0 Å². The molecule has 84 valence electrons. The quantitative estimate of drug-likeness (QED) is 0.533. The zero-order valence-corrected chi connectivity index (χ0v) is 11.9. The molecule has 0 aliphatic rings. The first-order valence-corrected chi connectivity index (χ1v) is 6.94. The van der Waals surface area contributed by atoms with Crippen LogP contribution in [0.5, 0.6) is 0 Å². The molecule has 14 heavy (non-hydrogen) atoms. The van der Waals surface area contributed by atoms with Gasteiger partial charge in [0.05, 0.1) is 0 Å². The molecule has 0 saturated heterocycles. The first-order valence-electron chi connectivity index (χ1n) is 5.53. The maximum Gasteiger partial charge on any atom is 0.121 e. The second kappa shape index (κ2) is 6.38. The molecule has 0 saturated carbocycles. The summed E-state index contributed by atoms with van der Waals surface area (Å²) in [5.41, 5.74) is 0.280. The Bertz CT molecular complexity index is 169. The molecular formula is C11H26N2Si. The minimum Gasteiger partial charge on any atom is -0.327 e. The highest BCUT2D eigenvalue weighted by molar-refractivity contribution is 6.42. The Morgan fingerprint density at radius 2 is 1.79 bits per heavy atom. The van der Waals surface area contributed by atoms with Gasteiger partial charge < -0.3 is 4.98 Å². The van der Waals surface area contributed by atoms with E-state index in [0.717, 1.165) is 19.8 Å². The smallest absolute Gasteiger partial charge is 0.121 e. The van der Waals surface area contributed by atoms with Gasteiger partial charge in [-0.25, -0.2) is 0 Å². The van der Waals surface area contributed by atoms with Gasteiger partial charge in [-0.3, -0.25) is 4.90 Å². The van der Waals surface area contributed by atoms with E-state index in [1.54, 1.807) is 0 Å². The van der Waals surface area contributed by atoms with Crippen LogP contribution in [0.1, 0.15) is 34.6 Å². The zero-order valence-electron chi connectivity index (χ0n) is 10.5. The summed E-state index contributed by atoms with van der Waals surface area (Å²) in [5.74, 6) is 0. The molecule has 0 aliphatic carbocycles. The minimum absolute atomic E-state index is 0.280. The second-order valence-electron chi connectivity index (χ2n) is 4.74. The summed E-state index contributed by atoms with van der Waals surface area (Å²) in [6.07, 6.45) is 0. The topological polar surface area (TPSA) is 15.3 Å². The molecule has 0 bridgehead atoms. The molecule has 0 spiro atoms. The van der Waals surface area contributed by atoms with Crippen molar-refractivity contribution in [2.45, 2.75) is 34.6 Å². The predicted molar refractivity (Wildman–Crippen MR) is 68.1 cm³/mol. The molecule has 0 aromatic carbocycles.